The van der Waals surface area contributed by atoms with Gasteiger partial charge in [-0.05, 0) is 56.1 Å². The molecular formula is C15H21FN4S. The summed E-state index contributed by atoms with van der Waals surface area (Å²) < 4.78 is 14.2. The molecule has 0 saturated carbocycles. The highest BCUT2D eigenvalue weighted by molar-refractivity contribution is 7.80. The molecular weight excluding hydrogens is 287 g/mol. The molecule has 21 heavy (non-hydrogen) atoms. The van der Waals surface area contributed by atoms with Crippen molar-refractivity contribution >= 4 is 29.2 Å². The first-order chi connectivity index (χ1) is 10.2. The topological polar surface area (TPSA) is 39.7 Å². The van der Waals surface area contributed by atoms with Crippen LogP contribution in [0.5, 0.6) is 0 Å². The van der Waals surface area contributed by atoms with E-state index < -0.39 is 0 Å². The van der Waals surface area contributed by atoms with Crippen LogP contribution in [0.25, 0.3) is 0 Å². The van der Waals surface area contributed by atoms with Crippen molar-refractivity contribution in [1.29, 1.82) is 0 Å². The number of piperidine rings is 1. The Morgan fingerprint density at radius 3 is 2.81 bits per heavy atom. The van der Waals surface area contributed by atoms with Crippen LogP contribution in [0.4, 0.5) is 10.1 Å². The zero-order valence-electron chi connectivity index (χ0n) is 12.2. The fourth-order valence-electron chi connectivity index (χ4n) is 2.36. The molecule has 0 atom stereocenters. The maximum Gasteiger partial charge on any atom is 0.186 e. The number of rotatable bonds is 4. The molecule has 2 N–H and O–H groups in total. The van der Waals surface area contributed by atoms with Crippen LogP contribution in [0, 0.1) is 5.82 Å². The summed E-state index contributed by atoms with van der Waals surface area (Å²) in [6.07, 6.45) is 5.07. The summed E-state index contributed by atoms with van der Waals surface area (Å²) in [7, 11) is 0. The predicted molar refractivity (Wildman–Crippen MR) is 89.5 cm³/mol. The molecule has 1 heterocycles. The molecule has 0 amide bonds. The zero-order chi connectivity index (χ0) is 15.1. The van der Waals surface area contributed by atoms with E-state index in [1.807, 2.05) is 19.1 Å². The Bertz CT molecular complexity index is 512. The van der Waals surface area contributed by atoms with Gasteiger partial charge in [0.2, 0.25) is 0 Å². The van der Waals surface area contributed by atoms with Crippen molar-refractivity contribution in [3.63, 3.8) is 0 Å². The summed E-state index contributed by atoms with van der Waals surface area (Å²) >= 11 is 4.98. The van der Waals surface area contributed by atoms with Gasteiger partial charge in [0.1, 0.15) is 5.82 Å². The molecule has 1 saturated heterocycles. The van der Waals surface area contributed by atoms with Crippen molar-refractivity contribution in [2.45, 2.75) is 26.2 Å². The molecule has 0 aromatic heterocycles. The van der Waals surface area contributed by atoms with E-state index in [9.17, 15) is 4.39 Å². The van der Waals surface area contributed by atoms with E-state index in [4.69, 9.17) is 12.2 Å². The normalized spacial score (nSPS) is 15.2. The van der Waals surface area contributed by atoms with Crippen molar-refractivity contribution < 1.29 is 4.39 Å². The Kier molecular flexibility index (Phi) is 5.92. The Labute approximate surface area is 130 Å². The summed E-state index contributed by atoms with van der Waals surface area (Å²) in [5.74, 6) is -0.199. The quantitative estimate of drug-likeness (QED) is 0.510. The zero-order valence-corrected chi connectivity index (χ0v) is 13.0. The van der Waals surface area contributed by atoms with Crippen molar-refractivity contribution in [2.75, 3.05) is 24.5 Å². The molecule has 114 valence electrons. The van der Waals surface area contributed by atoms with Crippen LogP contribution in [0.2, 0.25) is 0 Å². The van der Waals surface area contributed by atoms with Gasteiger partial charge in [-0.3, -0.25) is 5.43 Å². The second-order valence-electron chi connectivity index (χ2n) is 4.99. The number of halogens is 1. The largest absolute Gasteiger partial charge is 0.369 e. The number of anilines is 1. The molecule has 1 aliphatic heterocycles. The van der Waals surface area contributed by atoms with E-state index in [1.54, 1.807) is 6.21 Å². The highest BCUT2D eigenvalue weighted by Gasteiger charge is 2.14. The summed E-state index contributed by atoms with van der Waals surface area (Å²) in [5, 5.41) is 7.36. The van der Waals surface area contributed by atoms with Crippen molar-refractivity contribution in [2.24, 2.45) is 5.10 Å². The molecule has 1 aromatic carbocycles. The second-order valence-corrected chi connectivity index (χ2v) is 5.40. The van der Waals surface area contributed by atoms with Gasteiger partial charge in [0.05, 0.1) is 11.9 Å². The first kappa shape index (κ1) is 15.7. The molecule has 6 heteroatoms. The SMILES string of the molecule is CCNC(=S)NN=Cc1ccc(N2CCCCC2)c(F)c1. The van der Waals surface area contributed by atoms with Crippen LogP contribution in [0.1, 0.15) is 31.7 Å². The number of nitrogens with zero attached hydrogens (tertiary/aromatic N) is 2. The van der Waals surface area contributed by atoms with Gasteiger partial charge in [-0.15, -0.1) is 0 Å². The maximum absolute atomic E-state index is 14.2. The number of thiocarbonyl (C=S) groups is 1. The third-order valence-corrected chi connectivity index (χ3v) is 3.62. The molecule has 0 unspecified atom stereocenters. The Morgan fingerprint density at radius 2 is 2.14 bits per heavy atom. The molecule has 1 fully saturated rings. The minimum absolute atomic E-state index is 0.199. The smallest absolute Gasteiger partial charge is 0.186 e. The van der Waals surface area contributed by atoms with E-state index in [0.717, 1.165) is 32.5 Å². The summed E-state index contributed by atoms with van der Waals surface area (Å²) in [6, 6.07) is 5.20. The van der Waals surface area contributed by atoms with Crippen molar-refractivity contribution in [1.82, 2.24) is 10.7 Å². The van der Waals surface area contributed by atoms with Crippen LogP contribution in [-0.2, 0) is 0 Å². The van der Waals surface area contributed by atoms with Gasteiger partial charge in [0.15, 0.2) is 5.11 Å². The van der Waals surface area contributed by atoms with Crippen LogP contribution in [-0.4, -0.2) is 31.0 Å². The van der Waals surface area contributed by atoms with Crippen LogP contribution in [0.3, 0.4) is 0 Å². The lowest BCUT2D eigenvalue weighted by atomic mass is 10.1. The predicted octanol–water partition coefficient (Wildman–Crippen LogP) is 2.63. The third-order valence-electron chi connectivity index (χ3n) is 3.39. The van der Waals surface area contributed by atoms with Gasteiger partial charge >= 0.3 is 0 Å². The monoisotopic (exact) mass is 308 g/mol. The van der Waals surface area contributed by atoms with Crippen molar-refractivity contribution in [3.05, 3.63) is 29.6 Å². The second kappa shape index (κ2) is 7.93. The average Bonchev–Trinajstić information content (AvgIpc) is 2.48. The Morgan fingerprint density at radius 1 is 1.38 bits per heavy atom. The lowest BCUT2D eigenvalue weighted by Gasteiger charge is -2.29. The number of hydrogen-bond donors (Lipinski definition) is 2. The van der Waals surface area contributed by atoms with Crippen LogP contribution < -0.4 is 15.6 Å². The van der Waals surface area contributed by atoms with E-state index in [2.05, 4.69) is 20.7 Å². The number of nitrogens with one attached hydrogen (secondary N) is 2. The first-order valence-corrected chi connectivity index (χ1v) is 7.73. The summed E-state index contributed by atoms with van der Waals surface area (Å²) in [5.41, 5.74) is 4.08. The van der Waals surface area contributed by atoms with E-state index >= 15 is 0 Å². The molecule has 4 nitrogen and oxygen atoms in total. The fraction of sp³-hybridized carbons (Fsp3) is 0.467. The maximum atomic E-state index is 14.2. The number of benzene rings is 1. The molecule has 1 aliphatic rings. The number of hydrogen-bond acceptors (Lipinski definition) is 3. The minimum atomic E-state index is -0.199. The standard InChI is InChI=1S/C15H21FN4S/c1-2-17-15(21)19-18-11-12-6-7-14(13(16)10-12)20-8-4-3-5-9-20/h6-7,10-11H,2-5,8-9H2,1H3,(H2,17,19,21). The van der Waals surface area contributed by atoms with E-state index in [0.29, 0.717) is 16.4 Å². The Hall–Kier alpha value is -1.69. The average molecular weight is 308 g/mol. The first-order valence-electron chi connectivity index (χ1n) is 7.32. The van der Waals surface area contributed by atoms with Gasteiger partial charge in [-0.1, -0.05) is 6.07 Å². The molecule has 0 radical (unpaired) electrons. The molecule has 2 rings (SSSR count). The minimum Gasteiger partial charge on any atom is -0.369 e. The van der Waals surface area contributed by atoms with E-state index in [1.165, 1.54) is 12.5 Å². The molecule has 0 spiro atoms. The highest BCUT2D eigenvalue weighted by atomic mass is 32.1. The van der Waals surface area contributed by atoms with Crippen LogP contribution in [0.15, 0.2) is 23.3 Å². The van der Waals surface area contributed by atoms with Crippen molar-refractivity contribution in [3.8, 4) is 0 Å². The lowest BCUT2D eigenvalue weighted by Crippen LogP contribution is -2.31. The van der Waals surface area contributed by atoms with Gasteiger partial charge in [0.25, 0.3) is 0 Å². The van der Waals surface area contributed by atoms with Gasteiger partial charge in [-0.25, -0.2) is 4.39 Å². The van der Waals surface area contributed by atoms with Gasteiger partial charge in [0, 0.05) is 19.6 Å². The molecule has 0 aliphatic carbocycles. The lowest BCUT2D eigenvalue weighted by molar-refractivity contribution is 0.557. The fourth-order valence-corrected chi connectivity index (χ4v) is 2.56. The summed E-state index contributed by atoms with van der Waals surface area (Å²) in [6.45, 7) is 4.55. The van der Waals surface area contributed by atoms with Gasteiger partial charge < -0.3 is 10.2 Å². The van der Waals surface area contributed by atoms with Crippen LogP contribution >= 0.6 is 12.2 Å². The number of hydrazone groups is 1. The summed E-state index contributed by atoms with van der Waals surface area (Å²) in [4.78, 5) is 2.11. The third kappa shape index (κ3) is 4.67. The van der Waals surface area contributed by atoms with E-state index in [-0.39, 0.29) is 5.82 Å². The highest BCUT2D eigenvalue weighted by Crippen LogP contribution is 2.23. The Balaban J connectivity index is 1.98. The van der Waals surface area contributed by atoms with Gasteiger partial charge in [-0.2, -0.15) is 5.10 Å². The molecule has 1 aromatic rings. The molecule has 0 bridgehead atoms.